The molecule has 0 saturated heterocycles. The first kappa shape index (κ1) is 20.5. The van der Waals surface area contributed by atoms with E-state index in [-0.39, 0.29) is 11.2 Å². The SMILES string of the molecule is O=C(COc1cccc(/C=c2\sc3ncnn3c2=O)c1)Nc1ccccc1C(F)(F)F. The van der Waals surface area contributed by atoms with Crippen molar-refractivity contribution in [3.63, 3.8) is 0 Å². The molecule has 0 fully saturated rings. The molecule has 2 heterocycles. The average Bonchev–Trinajstić information content (AvgIpc) is 3.30. The fourth-order valence-electron chi connectivity index (χ4n) is 2.80. The summed E-state index contributed by atoms with van der Waals surface area (Å²) >= 11 is 1.18. The Morgan fingerprint density at radius 1 is 1.19 bits per heavy atom. The zero-order chi connectivity index (χ0) is 22.0. The van der Waals surface area contributed by atoms with Crippen LogP contribution in [0.25, 0.3) is 11.0 Å². The molecular formula is C20H13F3N4O3S. The fraction of sp³-hybridized carbons (Fsp3) is 0.100. The highest BCUT2D eigenvalue weighted by Gasteiger charge is 2.33. The summed E-state index contributed by atoms with van der Waals surface area (Å²) in [6.07, 6.45) is -1.66. The van der Waals surface area contributed by atoms with Crippen LogP contribution >= 0.6 is 11.3 Å². The summed E-state index contributed by atoms with van der Waals surface area (Å²) in [4.78, 5) is 28.8. The molecule has 2 aromatic carbocycles. The van der Waals surface area contributed by atoms with Crippen LogP contribution < -0.4 is 20.1 Å². The van der Waals surface area contributed by atoms with Crippen LogP contribution in [0.4, 0.5) is 18.9 Å². The predicted octanol–water partition coefficient (Wildman–Crippen LogP) is 2.74. The molecule has 0 unspecified atom stereocenters. The topological polar surface area (TPSA) is 85.6 Å². The van der Waals surface area contributed by atoms with Crippen molar-refractivity contribution in [2.45, 2.75) is 6.18 Å². The average molecular weight is 446 g/mol. The number of carbonyl (C=O) groups is 1. The summed E-state index contributed by atoms with van der Waals surface area (Å²) in [6, 6.07) is 11.3. The van der Waals surface area contributed by atoms with Gasteiger partial charge in [0.1, 0.15) is 12.1 Å². The van der Waals surface area contributed by atoms with E-state index in [1.807, 2.05) is 0 Å². The molecule has 31 heavy (non-hydrogen) atoms. The highest BCUT2D eigenvalue weighted by molar-refractivity contribution is 7.15. The van der Waals surface area contributed by atoms with Gasteiger partial charge in [0.05, 0.1) is 15.8 Å². The first-order valence-electron chi connectivity index (χ1n) is 8.84. The molecule has 1 amide bonds. The Labute approximate surface area is 176 Å². The Hall–Kier alpha value is -3.73. The van der Waals surface area contributed by atoms with Crippen LogP contribution in [0.5, 0.6) is 5.75 Å². The number of halogens is 3. The van der Waals surface area contributed by atoms with Gasteiger partial charge in [0.15, 0.2) is 6.61 Å². The molecule has 0 aliphatic rings. The monoisotopic (exact) mass is 446 g/mol. The minimum Gasteiger partial charge on any atom is -0.484 e. The van der Waals surface area contributed by atoms with E-state index in [0.717, 1.165) is 6.07 Å². The van der Waals surface area contributed by atoms with Gasteiger partial charge in [-0.3, -0.25) is 9.59 Å². The minimum absolute atomic E-state index is 0.300. The molecule has 0 atom stereocenters. The van der Waals surface area contributed by atoms with Gasteiger partial charge in [-0.2, -0.15) is 22.8 Å². The number of ether oxygens (including phenoxy) is 1. The number of nitrogens with zero attached hydrogens (tertiary/aromatic N) is 3. The van der Waals surface area contributed by atoms with Crippen LogP contribution in [0, 0.1) is 0 Å². The number of anilines is 1. The maximum absolute atomic E-state index is 13.0. The van der Waals surface area contributed by atoms with Gasteiger partial charge in [0.25, 0.3) is 11.5 Å². The number of nitrogens with one attached hydrogen (secondary N) is 1. The van der Waals surface area contributed by atoms with E-state index in [0.29, 0.717) is 20.8 Å². The van der Waals surface area contributed by atoms with E-state index in [9.17, 15) is 22.8 Å². The zero-order valence-electron chi connectivity index (χ0n) is 15.6. The lowest BCUT2D eigenvalue weighted by atomic mass is 10.1. The molecule has 7 nitrogen and oxygen atoms in total. The van der Waals surface area contributed by atoms with Crippen molar-refractivity contribution in [2.24, 2.45) is 0 Å². The van der Waals surface area contributed by atoms with E-state index >= 15 is 0 Å². The van der Waals surface area contributed by atoms with Crippen molar-refractivity contribution in [1.29, 1.82) is 0 Å². The lowest BCUT2D eigenvalue weighted by Gasteiger charge is -2.13. The molecule has 0 spiro atoms. The number of para-hydroxylation sites is 1. The quantitative estimate of drug-likeness (QED) is 0.510. The van der Waals surface area contributed by atoms with Gasteiger partial charge in [-0.1, -0.05) is 35.6 Å². The van der Waals surface area contributed by atoms with Gasteiger partial charge in [0.2, 0.25) is 4.96 Å². The van der Waals surface area contributed by atoms with E-state index in [2.05, 4.69) is 15.4 Å². The predicted molar refractivity (Wildman–Crippen MR) is 108 cm³/mol. The van der Waals surface area contributed by atoms with Crippen molar-refractivity contribution in [2.75, 3.05) is 11.9 Å². The Kier molecular flexibility index (Phi) is 5.42. The third-order valence-electron chi connectivity index (χ3n) is 4.15. The number of amides is 1. The molecule has 11 heteroatoms. The van der Waals surface area contributed by atoms with Crippen molar-refractivity contribution in [1.82, 2.24) is 14.6 Å². The third-order valence-corrected chi connectivity index (χ3v) is 5.13. The lowest BCUT2D eigenvalue weighted by Crippen LogP contribution is -2.23. The highest BCUT2D eigenvalue weighted by Crippen LogP contribution is 2.34. The molecule has 0 radical (unpaired) electrons. The number of hydrogen-bond donors (Lipinski definition) is 1. The van der Waals surface area contributed by atoms with Crippen LogP contribution in [0.1, 0.15) is 11.1 Å². The van der Waals surface area contributed by atoms with Gasteiger partial charge in [-0.05, 0) is 35.9 Å². The van der Waals surface area contributed by atoms with Crippen LogP contribution in [-0.2, 0) is 11.0 Å². The first-order valence-corrected chi connectivity index (χ1v) is 9.66. The number of carbonyl (C=O) groups excluding carboxylic acids is 1. The Morgan fingerprint density at radius 3 is 2.77 bits per heavy atom. The number of aromatic nitrogens is 3. The summed E-state index contributed by atoms with van der Waals surface area (Å²) < 4.78 is 46.1. The maximum Gasteiger partial charge on any atom is 0.418 e. The van der Waals surface area contributed by atoms with E-state index in [1.165, 1.54) is 40.4 Å². The fourth-order valence-corrected chi connectivity index (χ4v) is 3.68. The third kappa shape index (κ3) is 4.56. The lowest BCUT2D eigenvalue weighted by molar-refractivity contribution is -0.137. The summed E-state index contributed by atoms with van der Waals surface area (Å²) in [6.45, 7) is -0.487. The van der Waals surface area contributed by atoms with Crippen LogP contribution in [0.3, 0.4) is 0 Å². The smallest absolute Gasteiger partial charge is 0.418 e. The van der Waals surface area contributed by atoms with Gasteiger partial charge in [-0.25, -0.2) is 4.98 Å². The molecule has 0 aliphatic heterocycles. The van der Waals surface area contributed by atoms with E-state index in [4.69, 9.17) is 4.74 Å². The molecular weight excluding hydrogens is 433 g/mol. The second-order valence-corrected chi connectivity index (χ2v) is 7.33. The molecule has 2 aromatic heterocycles. The normalized spacial score (nSPS) is 12.3. The summed E-state index contributed by atoms with van der Waals surface area (Å²) in [5.74, 6) is -0.418. The second kappa shape index (κ2) is 8.19. The number of fused-ring (bicyclic) bond motifs is 1. The van der Waals surface area contributed by atoms with Crippen molar-refractivity contribution < 1.29 is 22.7 Å². The van der Waals surface area contributed by atoms with Gasteiger partial charge < -0.3 is 10.1 Å². The van der Waals surface area contributed by atoms with E-state index < -0.39 is 24.3 Å². The van der Waals surface area contributed by atoms with Gasteiger partial charge >= 0.3 is 6.18 Å². The standard InChI is InChI=1S/C20H13F3N4O3S/c21-20(22,23)14-6-1-2-7-15(14)26-17(28)10-30-13-5-3-4-12(8-13)9-16-18(29)27-19(31-16)24-11-25-27/h1-9,11H,10H2,(H,26,28)/b16-9-. The number of rotatable bonds is 5. The number of hydrogen-bond acceptors (Lipinski definition) is 6. The highest BCUT2D eigenvalue weighted by atomic mass is 32.1. The van der Waals surface area contributed by atoms with Crippen LogP contribution in [0.15, 0.2) is 59.7 Å². The minimum atomic E-state index is -4.59. The second-order valence-electron chi connectivity index (χ2n) is 6.32. The Morgan fingerprint density at radius 2 is 2.00 bits per heavy atom. The largest absolute Gasteiger partial charge is 0.484 e. The van der Waals surface area contributed by atoms with E-state index in [1.54, 1.807) is 30.3 Å². The summed E-state index contributed by atoms with van der Waals surface area (Å²) in [7, 11) is 0. The Balaban J connectivity index is 1.46. The summed E-state index contributed by atoms with van der Waals surface area (Å²) in [5, 5.41) is 6.06. The molecule has 4 aromatic rings. The van der Waals surface area contributed by atoms with Crippen molar-refractivity contribution in [3.05, 3.63) is 80.9 Å². The Bertz CT molecular complexity index is 1360. The van der Waals surface area contributed by atoms with Gasteiger partial charge in [-0.15, -0.1) is 0 Å². The van der Waals surface area contributed by atoms with Crippen molar-refractivity contribution in [3.8, 4) is 5.75 Å². The summed E-state index contributed by atoms with van der Waals surface area (Å²) in [5.41, 5.74) is -0.941. The molecule has 4 rings (SSSR count). The molecule has 1 N–H and O–H groups in total. The number of alkyl halides is 3. The van der Waals surface area contributed by atoms with Gasteiger partial charge in [0, 0.05) is 0 Å². The van der Waals surface area contributed by atoms with Crippen molar-refractivity contribution >= 4 is 34.0 Å². The number of thiazole rings is 1. The van der Waals surface area contributed by atoms with Crippen LogP contribution in [-0.4, -0.2) is 27.1 Å². The first-order chi connectivity index (χ1) is 14.8. The zero-order valence-corrected chi connectivity index (χ0v) is 16.4. The maximum atomic E-state index is 13.0. The molecule has 158 valence electrons. The molecule has 0 bridgehead atoms. The molecule has 0 saturated carbocycles. The molecule has 0 aliphatic carbocycles. The number of benzene rings is 2. The van der Waals surface area contributed by atoms with Crippen LogP contribution in [0.2, 0.25) is 0 Å².